The van der Waals surface area contributed by atoms with Gasteiger partial charge in [-0.15, -0.1) is 0 Å². The number of hydrogen-bond donors (Lipinski definition) is 1. The summed E-state index contributed by atoms with van der Waals surface area (Å²) in [6.07, 6.45) is 9.87. The summed E-state index contributed by atoms with van der Waals surface area (Å²) >= 11 is 0. The van der Waals surface area contributed by atoms with E-state index >= 15 is 0 Å². The predicted octanol–water partition coefficient (Wildman–Crippen LogP) is 3.91. The van der Waals surface area contributed by atoms with E-state index in [1.165, 1.54) is 71.1 Å². The van der Waals surface area contributed by atoms with E-state index in [0.717, 1.165) is 5.92 Å². The van der Waals surface area contributed by atoms with E-state index in [2.05, 4.69) is 38.0 Å². The van der Waals surface area contributed by atoms with Crippen LogP contribution in [0.5, 0.6) is 0 Å². The van der Waals surface area contributed by atoms with Crippen molar-refractivity contribution in [3.05, 3.63) is 0 Å². The molecule has 2 atom stereocenters. The Labute approximate surface area is 126 Å². The zero-order valence-electron chi connectivity index (χ0n) is 14.3. The average molecular weight is 281 g/mol. The van der Waals surface area contributed by atoms with Crippen molar-refractivity contribution in [3.8, 4) is 0 Å². The second-order valence-electron chi connectivity index (χ2n) is 7.90. The van der Waals surface area contributed by atoms with Gasteiger partial charge in [-0.25, -0.2) is 0 Å². The van der Waals surface area contributed by atoms with Gasteiger partial charge in [-0.3, -0.25) is 0 Å². The number of rotatable bonds is 6. The summed E-state index contributed by atoms with van der Waals surface area (Å²) in [4.78, 5) is 2.79. The third kappa shape index (κ3) is 3.57. The van der Waals surface area contributed by atoms with Crippen molar-refractivity contribution in [2.45, 2.75) is 65.7 Å². The molecule has 2 nitrogen and oxygen atoms in total. The van der Waals surface area contributed by atoms with Crippen molar-refractivity contribution in [1.29, 1.82) is 0 Å². The second kappa shape index (κ2) is 6.79. The third-order valence-electron chi connectivity index (χ3n) is 6.31. The Morgan fingerprint density at radius 1 is 1.15 bits per heavy atom. The maximum atomic E-state index is 3.49. The second-order valence-corrected chi connectivity index (χ2v) is 7.90. The van der Waals surface area contributed by atoms with Crippen LogP contribution in [0.3, 0.4) is 0 Å². The Bertz CT molecular complexity index is 294. The van der Waals surface area contributed by atoms with E-state index in [-0.39, 0.29) is 0 Å². The zero-order valence-corrected chi connectivity index (χ0v) is 14.3. The highest BCUT2D eigenvalue weighted by atomic mass is 15.2. The number of likely N-dealkylation sites (tertiary alicyclic amines) is 1. The van der Waals surface area contributed by atoms with Crippen molar-refractivity contribution in [2.24, 2.45) is 16.7 Å². The van der Waals surface area contributed by atoms with Crippen molar-refractivity contribution < 1.29 is 0 Å². The normalized spacial score (nSPS) is 34.5. The highest BCUT2D eigenvalue weighted by Crippen LogP contribution is 2.43. The number of nitrogens with one attached hydrogen (secondary N) is 1. The summed E-state index contributed by atoms with van der Waals surface area (Å²) in [6.45, 7) is 12.5. The maximum absolute atomic E-state index is 3.49. The van der Waals surface area contributed by atoms with Crippen molar-refractivity contribution in [1.82, 2.24) is 10.2 Å². The molecule has 0 bridgehead atoms. The molecule has 0 aromatic rings. The van der Waals surface area contributed by atoms with Gasteiger partial charge in [0.05, 0.1) is 0 Å². The van der Waals surface area contributed by atoms with E-state index in [9.17, 15) is 0 Å². The summed E-state index contributed by atoms with van der Waals surface area (Å²) < 4.78 is 0. The average Bonchev–Trinajstić information content (AvgIpc) is 2.82. The van der Waals surface area contributed by atoms with Crippen LogP contribution in [-0.4, -0.2) is 38.1 Å². The summed E-state index contributed by atoms with van der Waals surface area (Å²) in [6, 6.07) is 0. The van der Waals surface area contributed by atoms with Gasteiger partial charge in [0.1, 0.15) is 0 Å². The van der Waals surface area contributed by atoms with Gasteiger partial charge in [-0.1, -0.05) is 33.6 Å². The standard InChI is InChI=1S/C18H36N2/c1-5-17(6-2)10-11-20(14-17)15-18(13-19-4)9-7-8-16(3)12-18/h16,19H,5-15H2,1-4H3. The van der Waals surface area contributed by atoms with Gasteiger partial charge < -0.3 is 10.2 Å². The molecule has 0 aromatic carbocycles. The molecule has 0 radical (unpaired) electrons. The van der Waals surface area contributed by atoms with Gasteiger partial charge in [0.15, 0.2) is 0 Å². The summed E-state index contributed by atoms with van der Waals surface area (Å²) in [5.74, 6) is 0.918. The fourth-order valence-corrected chi connectivity index (χ4v) is 4.97. The van der Waals surface area contributed by atoms with Crippen LogP contribution in [0.4, 0.5) is 0 Å². The molecule has 2 heteroatoms. The van der Waals surface area contributed by atoms with Gasteiger partial charge in [-0.05, 0) is 62.4 Å². The smallest absolute Gasteiger partial charge is 0.00505 e. The molecule has 2 rings (SSSR count). The lowest BCUT2D eigenvalue weighted by Gasteiger charge is -2.43. The maximum Gasteiger partial charge on any atom is 0.00505 e. The molecule has 0 spiro atoms. The predicted molar refractivity (Wildman–Crippen MR) is 88.1 cm³/mol. The molecule has 2 unspecified atom stereocenters. The van der Waals surface area contributed by atoms with Crippen LogP contribution in [0, 0.1) is 16.7 Å². The van der Waals surface area contributed by atoms with E-state index in [0.29, 0.717) is 10.8 Å². The Morgan fingerprint density at radius 2 is 1.90 bits per heavy atom. The minimum absolute atomic E-state index is 0.546. The Morgan fingerprint density at radius 3 is 2.45 bits per heavy atom. The van der Waals surface area contributed by atoms with Gasteiger partial charge in [-0.2, -0.15) is 0 Å². The molecule has 1 aliphatic carbocycles. The number of hydrogen-bond acceptors (Lipinski definition) is 2. The lowest BCUT2D eigenvalue weighted by Crippen LogP contribution is -2.46. The molecular weight excluding hydrogens is 244 g/mol. The van der Waals surface area contributed by atoms with Crippen LogP contribution in [0.2, 0.25) is 0 Å². The monoisotopic (exact) mass is 280 g/mol. The topological polar surface area (TPSA) is 15.3 Å². The fourth-order valence-electron chi connectivity index (χ4n) is 4.97. The van der Waals surface area contributed by atoms with Crippen molar-refractivity contribution >= 4 is 0 Å². The molecule has 1 saturated carbocycles. The van der Waals surface area contributed by atoms with E-state index in [1.54, 1.807) is 0 Å². The quantitative estimate of drug-likeness (QED) is 0.793. The largest absolute Gasteiger partial charge is 0.319 e. The van der Waals surface area contributed by atoms with Crippen LogP contribution >= 0.6 is 0 Å². The minimum atomic E-state index is 0.546. The fraction of sp³-hybridized carbons (Fsp3) is 1.00. The Kier molecular flexibility index (Phi) is 5.53. The molecule has 1 aliphatic heterocycles. The SMILES string of the molecule is CCC1(CC)CCN(CC2(CNC)CCCC(C)C2)C1. The Hall–Kier alpha value is -0.0800. The minimum Gasteiger partial charge on any atom is -0.319 e. The molecule has 0 aromatic heterocycles. The van der Waals surface area contributed by atoms with E-state index in [1.807, 2.05) is 0 Å². The van der Waals surface area contributed by atoms with Crippen LogP contribution in [-0.2, 0) is 0 Å². The van der Waals surface area contributed by atoms with Gasteiger partial charge in [0, 0.05) is 19.6 Å². The summed E-state index contributed by atoms with van der Waals surface area (Å²) in [5, 5.41) is 3.49. The van der Waals surface area contributed by atoms with Crippen molar-refractivity contribution in [2.75, 3.05) is 33.2 Å². The van der Waals surface area contributed by atoms with E-state index in [4.69, 9.17) is 0 Å². The van der Waals surface area contributed by atoms with Gasteiger partial charge >= 0.3 is 0 Å². The van der Waals surface area contributed by atoms with Gasteiger partial charge in [0.25, 0.3) is 0 Å². The molecule has 2 fully saturated rings. The van der Waals surface area contributed by atoms with Crippen LogP contribution < -0.4 is 5.32 Å². The highest BCUT2D eigenvalue weighted by molar-refractivity contribution is 4.94. The highest BCUT2D eigenvalue weighted by Gasteiger charge is 2.40. The lowest BCUT2D eigenvalue weighted by atomic mass is 9.69. The summed E-state index contributed by atoms with van der Waals surface area (Å²) in [5.41, 5.74) is 1.17. The first-order valence-corrected chi connectivity index (χ1v) is 8.94. The molecule has 20 heavy (non-hydrogen) atoms. The van der Waals surface area contributed by atoms with Gasteiger partial charge in [0.2, 0.25) is 0 Å². The molecule has 1 heterocycles. The molecule has 1 saturated heterocycles. The zero-order chi connectivity index (χ0) is 14.6. The Balaban J connectivity index is 1.99. The summed E-state index contributed by atoms with van der Waals surface area (Å²) in [7, 11) is 2.13. The van der Waals surface area contributed by atoms with Crippen molar-refractivity contribution in [3.63, 3.8) is 0 Å². The molecular formula is C18H36N2. The molecule has 0 amide bonds. The van der Waals surface area contributed by atoms with Crippen LogP contribution in [0.1, 0.15) is 65.7 Å². The van der Waals surface area contributed by atoms with Crippen LogP contribution in [0.25, 0.3) is 0 Å². The third-order valence-corrected chi connectivity index (χ3v) is 6.31. The number of nitrogens with zero attached hydrogens (tertiary/aromatic N) is 1. The van der Waals surface area contributed by atoms with E-state index < -0.39 is 0 Å². The molecule has 2 aliphatic rings. The first-order chi connectivity index (χ1) is 9.57. The molecule has 1 N–H and O–H groups in total. The molecule has 118 valence electrons. The van der Waals surface area contributed by atoms with Crippen LogP contribution in [0.15, 0.2) is 0 Å². The first kappa shape index (κ1) is 16.3. The lowest BCUT2D eigenvalue weighted by molar-refractivity contribution is 0.0859. The first-order valence-electron chi connectivity index (χ1n) is 8.94.